The summed E-state index contributed by atoms with van der Waals surface area (Å²) in [6, 6.07) is 3.62. The number of hydrogen-bond acceptors (Lipinski definition) is 5. The highest BCUT2D eigenvalue weighted by atomic mass is 32.2. The van der Waals surface area contributed by atoms with Crippen molar-refractivity contribution in [1.29, 1.82) is 0 Å². The molecule has 1 saturated heterocycles. The molecule has 2 amide bonds. The van der Waals surface area contributed by atoms with Gasteiger partial charge in [-0.3, -0.25) is 14.5 Å². The van der Waals surface area contributed by atoms with Crippen LogP contribution in [-0.4, -0.2) is 53.9 Å². The van der Waals surface area contributed by atoms with Gasteiger partial charge in [0, 0.05) is 19.1 Å². The molecule has 1 aliphatic heterocycles. The molecule has 2 atom stereocenters. The third-order valence-corrected chi connectivity index (χ3v) is 4.40. The smallest absolute Gasteiger partial charge is 0.237 e. The molecule has 0 saturated carbocycles. The topological polar surface area (TPSA) is 74.6 Å². The van der Waals surface area contributed by atoms with Gasteiger partial charge in [-0.05, 0) is 38.7 Å². The average molecular weight is 339 g/mol. The summed E-state index contributed by atoms with van der Waals surface area (Å²) in [7, 11) is 0. The third kappa shape index (κ3) is 5.00. The fraction of sp³-hybridized carbons (Fsp3) is 0.625. The van der Waals surface area contributed by atoms with Crippen LogP contribution in [0.3, 0.4) is 0 Å². The van der Waals surface area contributed by atoms with Crippen LogP contribution in [-0.2, 0) is 16.1 Å². The van der Waals surface area contributed by atoms with E-state index in [1.807, 2.05) is 32.2 Å². The summed E-state index contributed by atoms with van der Waals surface area (Å²) in [6.45, 7) is 5.64. The molecule has 0 aromatic carbocycles. The molecule has 1 aromatic rings. The summed E-state index contributed by atoms with van der Waals surface area (Å²) in [5.41, 5.74) is 0. The Hall–Kier alpha value is -1.47. The van der Waals surface area contributed by atoms with Gasteiger partial charge in [-0.25, -0.2) is 0 Å². The van der Waals surface area contributed by atoms with Crippen molar-refractivity contribution in [3.63, 3.8) is 0 Å². The number of likely N-dealkylation sites (N-methyl/N-ethyl adjacent to an activating group) is 1. The number of carbonyl (C=O) groups excluding carboxylic acids is 2. The Labute approximate surface area is 141 Å². The molecule has 1 fully saturated rings. The van der Waals surface area contributed by atoms with Crippen LogP contribution < -0.4 is 10.6 Å². The second-order valence-electron chi connectivity index (χ2n) is 5.79. The lowest BCUT2D eigenvalue weighted by Crippen LogP contribution is -2.42. The van der Waals surface area contributed by atoms with Crippen molar-refractivity contribution in [2.45, 2.75) is 38.9 Å². The van der Waals surface area contributed by atoms with E-state index in [4.69, 9.17) is 4.42 Å². The van der Waals surface area contributed by atoms with E-state index in [2.05, 4.69) is 15.5 Å². The van der Waals surface area contributed by atoms with Gasteiger partial charge in [0.25, 0.3) is 0 Å². The van der Waals surface area contributed by atoms with Crippen LogP contribution in [0.1, 0.15) is 24.9 Å². The van der Waals surface area contributed by atoms with Gasteiger partial charge in [-0.15, -0.1) is 0 Å². The van der Waals surface area contributed by atoms with Gasteiger partial charge < -0.3 is 15.1 Å². The highest BCUT2D eigenvalue weighted by molar-refractivity contribution is 7.99. The lowest BCUT2D eigenvalue weighted by atomic mass is 10.1. The molecule has 0 bridgehead atoms. The third-order valence-electron chi connectivity index (χ3n) is 3.85. The standard InChI is InChI=1S/C16H25N3O3S/c1-4-17-16(21)14-7-12(18-15(20)10-23-3)8-19(14)9-13-6-5-11(2)22-13/h5-6,12,14H,4,7-10H2,1-3H3,(H,17,21)(H,18,20)/t12-,14-/m0/s1. The highest BCUT2D eigenvalue weighted by Gasteiger charge is 2.37. The molecule has 128 valence electrons. The number of nitrogens with one attached hydrogen (secondary N) is 2. The molecule has 1 aromatic heterocycles. The average Bonchev–Trinajstić information content (AvgIpc) is 3.06. The number of thioether (sulfide) groups is 1. The van der Waals surface area contributed by atoms with E-state index >= 15 is 0 Å². The Morgan fingerprint density at radius 3 is 2.83 bits per heavy atom. The first-order valence-electron chi connectivity index (χ1n) is 7.88. The van der Waals surface area contributed by atoms with Crippen LogP contribution in [0.25, 0.3) is 0 Å². The molecule has 23 heavy (non-hydrogen) atoms. The summed E-state index contributed by atoms with van der Waals surface area (Å²) >= 11 is 1.49. The van der Waals surface area contributed by atoms with E-state index in [9.17, 15) is 9.59 Å². The zero-order valence-corrected chi connectivity index (χ0v) is 14.7. The van der Waals surface area contributed by atoms with E-state index in [1.54, 1.807) is 0 Å². The predicted octanol–water partition coefficient (Wildman–Crippen LogP) is 1.15. The molecule has 2 rings (SSSR count). The van der Waals surface area contributed by atoms with E-state index in [1.165, 1.54) is 11.8 Å². The van der Waals surface area contributed by atoms with Crippen molar-refractivity contribution >= 4 is 23.6 Å². The van der Waals surface area contributed by atoms with Gasteiger partial charge >= 0.3 is 0 Å². The van der Waals surface area contributed by atoms with Gasteiger partial charge in [0.15, 0.2) is 0 Å². The number of rotatable bonds is 7. The Kier molecular flexibility index (Phi) is 6.53. The normalized spacial score (nSPS) is 21.3. The van der Waals surface area contributed by atoms with Gasteiger partial charge in [-0.2, -0.15) is 11.8 Å². The molecule has 0 aliphatic carbocycles. The minimum atomic E-state index is -0.236. The fourth-order valence-electron chi connectivity index (χ4n) is 2.92. The Morgan fingerprint density at radius 2 is 2.22 bits per heavy atom. The minimum absolute atomic E-state index is 0.00156. The molecule has 2 heterocycles. The second-order valence-corrected chi connectivity index (χ2v) is 6.65. The van der Waals surface area contributed by atoms with E-state index < -0.39 is 0 Å². The van der Waals surface area contributed by atoms with Crippen molar-refractivity contribution in [2.24, 2.45) is 0 Å². The maximum Gasteiger partial charge on any atom is 0.237 e. The lowest BCUT2D eigenvalue weighted by molar-refractivity contribution is -0.125. The fourth-order valence-corrected chi connectivity index (χ4v) is 3.26. The first-order valence-corrected chi connectivity index (χ1v) is 9.28. The van der Waals surface area contributed by atoms with Gasteiger partial charge in [0.2, 0.25) is 11.8 Å². The van der Waals surface area contributed by atoms with Crippen LogP contribution in [0.2, 0.25) is 0 Å². The quantitative estimate of drug-likeness (QED) is 0.779. The van der Waals surface area contributed by atoms with Crippen molar-refractivity contribution < 1.29 is 14.0 Å². The van der Waals surface area contributed by atoms with Crippen molar-refractivity contribution in [2.75, 3.05) is 25.1 Å². The maximum absolute atomic E-state index is 12.3. The highest BCUT2D eigenvalue weighted by Crippen LogP contribution is 2.22. The van der Waals surface area contributed by atoms with Gasteiger partial charge in [0.05, 0.1) is 18.3 Å². The summed E-state index contributed by atoms with van der Waals surface area (Å²) in [4.78, 5) is 26.2. The van der Waals surface area contributed by atoms with E-state index in [-0.39, 0.29) is 23.9 Å². The molecule has 0 spiro atoms. The zero-order valence-electron chi connectivity index (χ0n) is 13.9. The molecule has 2 N–H and O–H groups in total. The Bertz CT molecular complexity index is 546. The van der Waals surface area contributed by atoms with Crippen LogP contribution >= 0.6 is 11.8 Å². The summed E-state index contributed by atoms with van der Waals surface area (Å²) in [5, 5.41) is 5.90. The number of likely N-dealkylation sites (tertiary alicyclic amines) is 1. The molecule has 6 nitrogen and oxygen atoms in total. The van der Waals surface area contributed by atoms with Crippen LogP contribution in [0.5, 0.6) is 0 Å². The SMILES string of the molecule is CCNC(=O)[C@@H]1C[C@H](NC(=O)CSC)CN1Cc1ccc(C)o1. The second kappa shape index (κ2) is 8.40. The van der Waals surface area contributed by atoms with E-state index in [0.29, 0.717) is 31.8 Å². The molecule has 0 radical (unpaired) electrons. The lowest BCUT2D eigenvalue weighted by Gasteiger charge is -2.22. The molecular formula is C16H25N3O3S. The van der Waals surface area contributed by atoms with Crippen LogP contribution in [0, 0.1) is 6.92 Å². The molecular weight excluding hydrogens is 314 g/mol. The van der Waals surface area contributed by atoms with Crippen LogP contribution in [0.4, 0.5) is 0 Å². The molecule has 7 heteroatoms. The molecule has 1 aliphatic rings. The number of hydrogen-bond donors (Lipinski definition) is 2. The monoisotopic (exact) mass is 339 g/mol. The number of furan rings is 1. The minimum Gasteiger partial charge on any atom is -0.465 e. The Morgan fingerprint density at radius 1 is 1.43 bits per heavy atom. The van der Waals surface area contributed by atoms with Gasteiger partial charge in [-0.1, -0.05) is 0 Å². The predicted molar refractivity (Wildman–Crippen MR) is 91.3 cm³/mol. The van der Waals surface area contributed by atoms with E-state index in [0.717, 1.165) is 11.5 Å². The maximum atomic E-state index is 12.3. The summed E-state index contributed by atoms with van der Waals surface area (Å²) in [5.74, 6) is 2.18. The van der Waals surface area contributed by atoms with Gasteiger partial charge in [0.1, 0.15) is 11.5 Å². The first kappa shape index (κ1) is 17.9. The summed E-state index contributed by atoms with van der Waals surface area (Å²) < 4.78 is 5.62. The largest absolute Gasteiger partial charge is 0.465 e. The van der Waals surface area contributed by atoms with Crippen molar-refractivity contribution in [3.05, 3.63) is 23.7 Å². The summed E-state index contributed by atoms with van der Waals surface area (Å²) in [6.07, 6.45) is 2.53. The van der Waals surface area contributed by atoms with Crippen molar-refractivity contribution in [3.8, 4) is 0 Å². The molecule has 0 unspecified atom stereocenters. The number of aryl methyl sites for hydroxylation is 1. The van der Waals surface area contributed by atoms with Crippen LogP contribution in [0.15, 0.2) is 16.5 Å². The van der Waals surface area contributed by atoms with Crippen molar-refractivity contribution in [1.82, 2.24) is 15.5 Å². The number of amides is 2. The Balaban J connectivity index is 2.02. The number of nitrogens with zero attached hydrogens (tertiary/aromatic N) is 1. The first-order chi connectivity index (χ1) is 11.0. The number of carbonyl (C=O) groups is 2. The zero-order chi connectivity index (χ0) is 16.8.